The van der Waals surface area contributed by atoms with E-state index in [1.807, 2.05) is 0 Å². The van der Waals surface area contributed by atoms with Gasteiger partial charge in [0.1, 0.15) is 0 Å². The Balaban J connectivity index is 1.80. The second-order valence-electron chi connectivity index (χ2n) is 6.21. The van der Waals surface area contributed by atoms with Crippen LogP contribution in [0.25, 0.3) is 0 Å². The lowest BCUT2D eigenvalue weighted by atomic mass is 9.46. The van der Waals surface area contributed by atoms with Crippen molar-refractivity contribution in [1.29, 1.82) is 0 Å². The molecule has 4 aliphatic carbocycles. The third-order valence-corrected chi connectivity index (χ3v) is 5.53. The second kappa shape index (κ2) is 2.13. The summed E-state index contributed by atoms with van der Waals surface area (Å²) in [4.78, 5) is 0. The molecule has 13 heavy (non-hydrogen) atoms. The highest BCUT2D eigenvalue weighted by molar-refractivity contribution is 5.10. The van der Waals surface area contributed by atoms with E-state index in [0.717, 1.165) is 29.1 Å². The smallest absolute Gasteiger partial charge is 0.00114 e. The summed E-state index contributed by atoms with van der Waals surface area (Å²) in [7, 11) is 0. The number of rotatable bonds is 0. The molecular weight excluding hydrogens is 158 g/mol. The Labute approximate surface area is 80.3 Å². The van der Waals surface area contributed by atoms with Crippen molar-refractivity contribution in [3.05, 3.63) is 0 Å². The molecule has 72 valence electrons. The normalized spacial score (nSPS) is 62.8. The van der Waals surface area contributed by atoms with E-state index in [9.17, 15) is 0 Å². The molecule has 1 heterocycles. The van der Waals surface area contributed by atoms with Gasteiger partial charge >= 0.3 is 0 Å². The van der Waals surface area contributed by atoms with Crippen molar-refractivity contribution < 1.29 is 0 Å². The fourth-order valence-electron chi connectivity index (χ4n) is 5.45. The maximum Gasteiger partial charge on any atom is 0.00114 e. The van der Waals surface area contributed by atoms with Crippen LogP contribution in [0.4, 0.5) is 0 Å². The van der Waals surface area contributed by atoms with Gasteiger partial charge < -0.3 is 5.32 Å². The van der Waals surface area contributed by atoms with Gasteiger partial charge in [0.05, 0.1) is 0 Å². The number of hydrogen-bond donors (Lipinski definition) is 1. The molecule has 1 heteroatoms. The number of nitrogens with one attached hydrogen (secondary N) is 1. The van der Waals surface area contributed by atoms with Gasteiger partial charge in [0.15, 0.2) is 0 Å². The molecule has 3 unspecified atom stereocenters. The van der Waals surface area contributed by atoms with Gasteiger partial charge in [-0.2, -0.15) is 0 Å². The van der Waals surface area contributed by atoms with Crippen LogP contribution >= 0.6 is 0 Å². The molecular formula is C12H19N. The molecule has 5 aliphatic rings. The van der Waals surface area contributed by atoms with Gasteiger partial charge in [-0.05, 0) is 67.7 Å². The molecule has 1 aliphatic heterocycles. The van der Waals surface area contributed by atoms with E-state index in [-0.39, 0.29) is 0 Å². The lowest BCUT2D eigenvalue weighted by molar-refractivity contribution is -0.0804. The number of hydrogen-bond acceptors (Lipinski definition) is 1. The van der Waals surface area contributed by atoms with Crippen LogP contribution in [0, 0.1) is 29.1 Å². The first-order chi connectivity index (χ1) is 6.36. The maximum absolute atomic E-state index is 3.67. The van der Waals surface area contributed by atoms with E-state index in [0.29, 0.717) is 0 Å². The van der Waals surface area contributed by atoms with Gasteiger partial charge in [0, 0.05) is 6.54 Å². The molecule has 0 aromatic carbocycles. The minimum atomic E-state index is 0.800. The predicted molar refractivity (Wildman–Crippen MR) is 52.3 cm³/mol. The quantitative estimate of drug-likeness (QED) is 0.597. The van der Waals surface area contributed by atoms with Crippen LogP contribution < -0.4 is 5.32 Å². The average Bonchev–Trinajstić information content (AvgIpc) is 2.46. The van der Waals surface area contributed by atoms with Crippen molar-refractivity contribution in [2.45, 2.75) is 32.1 Å². The summed E-state index contributed by atoms with van der Waals surface area (Å²) in [6.07, 6.45) is 7.93. The SMILES string of the molecule is C1C2CC3CC1CC1(CNCC31)C2. The van der Waals surface area contributed by atoms with Gasteiger partial charge in [0.2, 0.25) is 0 Å². The first kappa shape index (κ1) is 7.28. The molecule has 5 rings (SSSR count). The summed E-state index contributed by atoms with van der Waals surface area (Å²) in [5, 5.41) is 3.67. The molecule has 5 fully saturated rings. The first-order valence-corrected chi connectivity index (χ1v) is 6.06. The largest absolute Gasteiger partial charge is 0.316 e. The molecule has 0 aromatic rings. The van der Waals surface area contributed by atoms with Crippen molar-refractivity contribution >= 4 is 0 Å². The van der Waals surface area contributed by atoms with Crippen LogP contribution in [0.2, 0.25) is 0 Å². The average molecular weight is 177 g/mol. The highest BCUT2D eigenvalue weighted by atomic mass is 15.0. The van der Waals surface area contributed by atoms with Crippen molar-refractivity contribution in [3.63, 3.8) is 0 Å². The van der Waals surface area contributed by atoms with Crippen molar-refractivity contribution in [2.24, 2.45) is 29.1 Å². The maximum atomic E-state index is 3.67. The molecule has 4 saturated carbocycles. The lowest BCUT2D eigenvalue weighted by Gasteiger charge is -2.58. The van der Waals surface area contributed by atoms with Gasteiger partial charge in [-0.1, -0.05) is 0 Å². The molecule has 0 aromatic heterocycles. The first-order valence-electron chi connectivity index (χ1n) is 6.06. The van der Waals surface area contributed by atoms with E-state index in [4.69, 9.17) is 0 Å². The van der Waals surface area contributed by atoms with Gasteiger partial charge in [0.25, 0.3) is 0 Å². The molecule has 0 amide bonds. The predicted octanol–water partition coefficient (Wildman–Crippen LogP) is 2.03. The molecule has 1 spiro atoms. The monoisotopic (exact) mass is 177 g/mol. The van der Waals surface area contributed by atoms with E-state index < -0.39 is 0 Å². The zero-order chi connectivity index (χ0) is 8.47. The minimum absolute atomic E-state index is 0.800. The molecule has 1 saturated heterocycles. The highest BCUT2D eigenvalue weighted by Gasteiger charge is 2.58. The van der Waals surface area contributed by atoms with E-state index in [1.165, 1.54) is 13.1 Å². The van der Waals surface area contributed by atoms with Crippen LogP contribution in [0.1, 0.15) is 32.1 Å². The Bertz CT molecular complexity index is 234. The third-order valence-electron chi connectivity index (χ3n) is 5.53. The summed E-state index contributed by atoms with van der Waals surface area (Å²) in [5.74, 6) is 4.48. The summed E-state index contributed by atoms with van der Waals surface area (Å²) < 4.78 is 0. The van der Waals surface area contributed by atoms with Gasteiger partial charge in [-0.3, -0.25) is 0 Å². The topological polar surface area (TPSA) is 12.0 Å². The molecule has 4 bridgehead atoms. The van der Waals surface area contributed by atoms with E-state index in [2.05, 4.69) is 5.32 Å². The van der Waals surface area contributed by atoms with Crippen LogP contribution in [0.3, 0.4) is 0 Å². The van der Waals surface area contributed by atoms with Gasteiger partial charge in [-0.25, -0.2) is 0 Å². The summed E-state index contributed by atoms with van der Waals surface area (Å²) in [6, 6.07) is 0. The highest BCUT2D eigenvalue weighted by Crippen LogP contribution is 2.63. The standard InChI is InChI=1S/C12H19N/c1-8-2-10-3-9(1)5-12(4-8)7-13-6-11(10)12/h8-11,13H,1-7H2. The van der Waals surface area contributed by atoms with E-state index in [1.54, 1.807) is 32.1 Å². The Kier molecular flexibility index (Phi) is 1.19. The molecule has 3 atom stereocenters. The molecule has 1 N–H and O–H groups in total. The second-order valence-corrected chi connectivity index (χ2v) is 6.21. The van der Waals surface area contributed by atoms with Crippen molar-refractivity contribution in [2.75, 3.05) is 13.1 Å². The van der Waals surface area contributed by atoms with Gasteiger partial charge in [-0.15, -0.1) is 0 Å². The van der Waals surface area contributed by atoms with Crippen LogP contribution in [0.5, 0.6) is 0 Å². The fourth-order valence-corrected chi connectivity index (χ4v) is 5.45. The Morgan fingerprint density at radius 2 is 1.77 bits per heavy atom. The Hall–Kier alpha value is -0.0400. The van der Waals surface area contributed by atoms with Crippen LogP contribution in [0.15, 0.2) is 0 Å². The molecule has 1 nitrogen and oxygen atoms in total. The molecule has 0 radical (unpaired) electrons. The Morgan fingerprint density at radius 3 is 2.54 bits per heavy atom. The fraction of sp³-hybridized carbons (Fsp3) is 1.00. The zero-order valence-corrected chi connectivity index (χ0v) is 8.26. The summed E-state index contributed by atoms with van der Waals surface area (Å²) >= 11 is 0. The van der Waals surface area contributed by atoms with E-state index >= 15 is 0 Å². The van der Waals surface area contributed by atoms with Crippen molar-refractivity contribution in [3.8, 4) is 0 Å². The summed E-state index contributed by atoms with van der Waals surface area (Å²) in [5.41, 5.74) is 0.800. The Morgan fingerprint density at radius 1 is 1.00 bits per heavy atom. The lowest BCUT2D eigenvalue weighted by Crippen LogP contribution is -2.52. The van der Waals surface area contributed by atoms with Crippen LogP contribution in [-0.4, -0.2) is 13.1 Å². The van der Waals surface area contributed by atoms with Crippen molar-refractivity contribution in [1.82, 2.24) is 5.32 Å². The minimum Gasteiger partial charge on any atom is -0.316 e. The van der Waals surface area contributed by atoms with Crippen LogP contribution in [-0.2, 0) is 0 Å². The third kappa shape index (κ3) is 0.782. The summed E-state index contributed by atoms with van der Waals surface area (Å²) in [6.45, 7) is 2.71. The zero-order valence-electron chi connectivity index (χ0n) is 8.26.